The van der Waals surface area contributed by atoms with Gasteiger partial charge >= 0.3 is 39.1 Å². The van der Waals surface area contributed by atoms with Crippen molar-refractivity contribution in [2.75, 3.05) is 49.4 Å². The maximum Gasteiger partial charge on any atom is 0.472 e. The normalized spacial score (nSPS) is 30.7. The van der Waals surface area contributed by atoms with Gasteiger partial charge in [0, 0.05) is 0 Å². The first-order valence-corrected chi connectivity index (χ1v) is 33.9. The van der Waals surface area contributed by atoms with E-state index in [0.29, 0.717) is 0 Å². The van der Waals surface area contributed by atoms with Crippen LogP contribution in [0.4, 0.5) is 23.3 Å². The molecule has 12 rings (SSSR count). The van der Waals surface area contributed by atoms with Gasteiger partial charge in [0.2, 0.25) is 0 Å². The first kappa shape index (κ1) is 66.6. The van der Waals surface area contributed by atoms with Gasteiger partial charge in [0.05, 0.1) is 51.7 Å². The van der Waals surface area contributed by atoms with Gasteiger partial charge in [0.25, 0.3) is 0 Å². The maximum absolute atomic E-state index is 14.2. The number of hydrogen-bond acceptors (Lipinski definition) is 37. The number of phosphoric acid groups is 5. The minimum atomic E-state index is -5.68. The van der Waals surface area contributed by atoms with E-state index in [4.69, 9.17) is 73.5 Å². The lowest BCUT2D eigenvalue weighted by Crippen LogP contribution is -2.37. The zero-order valence-corrected chi connectivity index (χ0v) is 50.7. The van der Waals surface area contributed by atoms with Crippen LogP contribution in [0, 0.1) is 0 Å². The maximum atomic E-state index is 14.2. The van der Waals surface area contributed by atoms with E-state index in [1.807, 2.05) is 0 Å². The van der Waals surface area contributed by atoms with Crippen LogP contribution in [0.3, 0.4) is 0 Å². The van der Waals surface area contributed by atoms with Gasteiger partial charge in [-0.2, -0.15) is 0 Å². The highest BCUT2D eigenvalue weighted by molar-refractivity contribution is 7.48. The molecule has 0 aliphatic carbocycles. The minimum Gasteiger partial charge on any atom is -0.387 e. The van der Waals surface area contributed by atoms with Crippen LogP contribution >= 0.6 is 39.1 Å². The van der Waals surface area contributed by atoms with E-state index in [2.05, 4.69) is 64.3 Å². The lowest BCUT2D eigenvalue weighted by molar-refractivity contribution is -0.0655. The first-order valence-electron chi connectivity index (χ1n) is 26.3. The Bertz CT molecular complexity index is 4350. The average molecular weight is 1410 g/mol. The fraction of sp³-hybridized carbons (Fsp3) is 0.500. The second-order valence-corrected chi connectivity index (χ2v) is 27.1. The van der Waals surface area contributed by atoms with Crippen LogP contribution in [0.15, 0.2) is 50.6 Å². The highest BCUT2D eigenvalue weighted by atomic mass is 31.2. The number of nitrogens with zero attached hydrogens (tertiary/aromatic N) is 16. The molecule has 0 spiro atoms. The number of aliphatic hydroxyl groups excluding tert-OH is 4. The molecule has 0 aromatic carbocycles. The standard InChI is InChI=1S/C40H51N20O28P5/c41-29-17-33(49-5-45-29)57(9-53-17)37-25(85-90(68,69)70)21(61)14(82-37)2-78-91(71,72)87-27-23(63)16(84-39(27)59-11-55-19-31(43)47-7-51-35(19)59)4-80-93(75,76)88-28-24(64)15(83-40(28)60-12-56-20-32(44)48-8-52-36(20)60)3-79-92(73,74)86-26-22(62)13(1-77-89(65,66)67)81-38(26)58-10-54-18-30(42)46-6-50-34(18)58/h5-16,21-28,37-40,61-64H,1-4H2,(H,71,72)(H,73,74)(H,75,76)(H2,41,45,49)(H2,42,46,50)(H2,43,47,51)(H2,44,48,52)(H2,65,66,67)(H2,68,69,70)/t13-,14-,15-,16-,21-,22-,23-,24-,25-,26-,27-,28-,37-,38-,39-,40-/m1/s1. The summed E-state index contributed by atoms with van der Waals surface area (Å²) in [6.45, 7) is -4.43. The number of nitrogen functional groups attached to an aromatic ring is 4. The van der Waals surface area contributed by atoms with Crippen molar-refractivity contribution in [3.63, 3.8) is 0 Å². The third-order valence-corrected chi connectivity index (χ3v) is 18.5. The zero-order valence-electron chi connectivity index (χ0n) is 46.2. The van der Waals surface area contributed by atoms with Crippen LogP contribution in [-0.2, 0) is 78.0 Å². The molecular weight excluding hydrogens is 1360 g/mol. The lowest BCUT2D eigenvalue weighted by atomic mass is 10.1. The van der Waals surface area contributed by atoms with Gasteiger partial charge in [-0.25, -0.2) is 82.6 Å². The van der Waals surface area contributed by atoms with Crippen molar-refractivity contribution >= 4 is 107 Å². The van der Waals surface area contributed by atoms with Gasteiger partial charge in [0.15, 0.2) is 70.8 Å². The van der Waals surface area contributed by atoms with E-state index in [1.165, 1.54) is 0 Å². The van der Waals surface area contributed by atoms with Gasteiger partial charge < -0.3 is 96.6 Å². The third-order valence-electron chi connectivity index (χ3n) is 14.5. The molecule has 3 unspecified atom stereocenters. The molecule has 4 aliphatic rings. The number of fused-ring (bicyclic) bond motifs is 4. The number of rotatable bonds is 24. The molecule has 0 saturated carbocycles. The summed E-state index contributed by atoms with van der Waals surface area (Å²) < 4.78 is 135. The van der Waals surface area contributed by atoms with Crippen molar-refractivity contribution in [1.82, 2.24) is 78.1 Å². The van der Waals surface area contributed by atoms with Crippen LogP contribution in [0.1, 0.15) is 24.9 Å². The number of imidazole rings is 4. The van der Waals surface area contributed by atoms with Crippen LogP contribution in [0.5, 0.6) is 0 Å². The van der Waals surface area contributed by atoms with Crippen molar-refractivity contribution in [2.45, 2.75) is 98.2 Å². The highest BCUT2D eigenvalue weighted by Gasteiger charge is 2.56. The number of anilines is 4. The number of ether oxygens (including phenoxy) is 4. The van der Waals surface area contributed by atoms with Gasteiger partial charge in [-0.1, -0.05) is 0 Å². The Hall–Kier alpha value is -6.37. The Morgan fingerprint density at radius 3 is 0.828 bits per heavy atom. The Kier molecular flexibility index (Phi) is 18.1. The molecule has 12 heterocycles. The van der Waals surface area contributed by atoms with E-state index < -0.39 is 164 Å². The molecule has 48 nitrogen and oxygen atoms in total. The quantitative estimate of drug-likeness (QED) is 0.0255. The largest absolute Gasteiger partial charge is 0.472 e. The van der Waals surface area contributed by atoms with E-state index in [0.717, 1.165) is 68.9 Å². The molecule has 4 aliphatic heterocycles. The van der Waals surface area contributed by atoms with Crippen LogP contribution in [0.2, 0.25) is 0 Å². The monoisotopic (exact) mass is 1410 g/mol. The van der Waals surface area contributed by atoms with E-state index >= 15 is 0 Å². The summed E-state index contributed by atoms with van der Waals surface area (Å²) in [5.41, 5.74) is 23.4. The summed E-state index contributed by atoms with van der Waals surface area (Å²) in [6.07, 6.45) is -22.3. The van der Waals surface area contributed by atoms with Crippen molar-refractivity contribution < 1.29 is 133 Å². The Morgan fingerprint density at radius 1 is 0.355 bits per heavy atom. The highest BCUT2D eigenvalue weighted by Crippen LogP contribution is 2.55. The molecule has 93 heavy (non-hydrogen) atoms. The summed E-state index contributed by atoms with van der Waals surface area (Å²) >= 11 is 0. The Morgan fingerprint density at radius 2 is 0.591 bits per heavy atom. The number of aliphatic hydroxyl groups is 4. The number of nitrogens with two attached hydrogens (primary N) is 4. The summed E-state index contributed by atoms with van der Waals surface area (Å²) in [5, 5.41) is 46.3. The molecule has 19 atom stereocenters. The molecule has 8 aromatic rings. The fourth-order valence-corrected chi connectivity index (χ4v) is 14.1. The smallest absolute Gasteiger partial charge is 0.387 e. The number of phosphoric ester groups is 5. The summed E-state index contributed by atoms with van der Waals surface area (Å²) in [6, 6.07) is 0. The van der Waals surface area contributed by atoms with Gasteiger partial charge in [0.1, 0.15) is 121 Å². The van der Waals surface area contributed by atoms with Crippen LogP contribution in [-0.4, -0.2) is 232 Å². The fourth-order valence-electron chi connectivity index (χ4n) is 10.4. The molecule has 4 saturated heterocycles. The first-order chi connectivity index (χ1) is 43.8. The van der Waals surface area contributed by atoms with Gasteiger partial charge in [-0.15, -0.1) is 0 Å². The number of aromatic nitrogens is 16. The molecule has 0 amide bonds. The van der Waals surface area contributed by atoms with E-state index in [-0.39, 0.29) is 67.9 Å². The second-order valence-electron chi connectivity index (χ2n) is 20.4. The summed E-state index contributed by atoms with van der Waals surface area (Å²) in [4.78, 5) is 120. The molecule has 8 aromatic heterocycles. The third kappa shape index (κ3) is 13.6. The average Bonchev–Trinajstić information content (AvgIpc) is 1.64. The molecule has 0 radical (unpaired) electrons. The van der Waals surface area contributed by atoms with E-state index in [1.54, 1.807) is 0 Å². The van der Waals surface area contributed by atoms with Crippen LogP contribution in [0.25, 0.3) is 44.7 Å². The van der Waals surface area contributed by atoms with Crippen molar-refractivity contribution in [3.05, 3.63) is 50.6 Å². The van der Waals surface area contributed by atoms with Gasteiger partial charge in [-0.3, -0.25) is 54.5 Å². The molecule has 504 valence electrons. The molecule has 0 bridgehead atoms. The Balaban J connectivity index is 0.757. The van der Waals surface area contributed by atoms with Gasteiger partial charge in [-0.05, 0) is 0 Å². The Labute approximate surface area is 514 Å². The molecule has 19 N–H and O–H groups in total. The summed E-state index contributed by atoms with van der Waals surface area (Å²) in [7, 11) is -27.4. The minimum absolute atomic E-state index is 0.000116. The summed E-state index contributed by atoms with van der Waals surface area (Å²) in [5.74, 6) is -0.560. The van der Waals surface area contributed by atoms with Crippen molar-refractivity contribution in [2.24, 2.45) is 0 Å². The second kappa shape index (κ2) is 25.3. The lowest BCUT2D eigenvalue weighted by Gasteiger charge is -2.25. The predicted octanol–water partition coefficient (Wildman–Crippen LogP) is -4.20. The van der Waals surface area contributed by atoms with Crippen molar-refractivity contribution in [1.29, 1.82) is 0 Å². The topological polar surface area (TPSA) is 697 Å². The SMILES string of the molecule is Nc1ncnc2c1ncn2[C@@H]1O[C@H](COP(=O)(O)O[C@@H]2[C@H](O)[C@@H](COP(=O)(O)O[C@@H]3[C@H](O)[C@@H](COP(=O)(O)O[C@@H]4[C@H](O)[C@@H](COP(=O)(O)O)O[C@H]4n4cnc5c(N)ncnc54)O[C@H]3n3cnc4c(N)ncnc43)O[C@H]2n2cnc3c(N)ncnc32)[C@@H](O)[C@H]1OP(=O)(O)O. The van der Waals surface area contributed by atoms with Crippen molar-refractivity contribution in [3.8, 4) is 0 Å². The molecular formula is C40H51N20O28P5. The van der Waals surface area contributed by atoms with E-state index in [9.17, 15) is 77.5 Å². The predicted molar refractivity (Wildman–Crippen MR) is 295 cm³/mol. The van der Waals surface area contributed by atoms with Crippen LogP contribution < -0.4 is 22.9 Å². The molecule has 4 fully saturated rings. The number of hydrogen-bond donors (Lipinski definition) is 15. The zero-order chi connectivity index (χ0) is 66.4. The molecule has 53 heteroatoms.